The Morgan fingerprint density at radius 1 is 1.20 bits per heavy atom. The first-order valence-electron chi connectivity index (χ1n) is 8.08. The number of rotatable bonds is 3. The van der Waals surface area contributed by atoms with E-state index in [0.717, 1.165) is 18.5 Å². The van der Waals surface area contributed by atoms with Gasteiger partial charge in [-0.3, -0.25) is 4.79 Å². The van der Waals surface area contributed by atoms with Crippen molar-refractivity contribution < 1.29 is 18.2 Å². The first-order valence-corrected chi connectivity index (χ1v) is 8.08. The molecule has 1 saturated heterocycles. The summed E-state index contributed by atoms with van der Waals surface area (Å²) in [5, 5.41) is 7.97. The highest BCUT2D eigenvalue weighted by Gasteiger charge is 2.34. The predicted molar refractivity (Wildman–Crippen MR) is 86.1 cm³/mol. The van der Waals surface area contributed by atoms with E-state index in [2.05, 4.69) is 10.3 Å². The minimum atomic E-state index is -0.327. The van der Waals surface area contributed by atoms with Crippen LogP contribution in [0.1, 0.15) is 40.9 Å². The number of hydrogen-bond donors (Lipinski definition) is 0. The van der Waals surface area contributed by atoms with Gasteiger partial charge in [0, 0.05) is 24.2 Å². The van der Waals surface area contributed by atoms with Gasteiger partial charge in [0.25, 0.3) is 5.91 Å². The number of halogens is 1. The first kappa shape index (κ1) is 15.6. The van der Waals surface area contributed by atoms with Crippen molar-refractivity contribution in [1.29, 1.82) is 0 Å². The molecule has 0 bridgehead atoms. The van der Waals surface area contributed by atoms with E-state index in [1.165, 1.54) is 12.1 Å². The van der Waals surface area contributed by atoms with E-state index < -0.39 is 0 Å². The number of carbonyl (C=O) groups excluding carboxylic acids is 1. The van der Waals surface area contributed by atoms with Gasteiger partial charge < -0.3 is 13.9 Å². The molecule has 1 amide bonds. The largest absolute Gasteiger partial charge is 0.361 e. The van der Waals surface area contributed by atoms with Crippen LogP contribution in [0.3, 0.4) is 0 Å². The lowest BCUT2D eigenvalue weighted by Crippen LogP contribution is -2.30. The van der Waals surface area contributed by atoms with E-state index in [0.29, 0.717) is 23.6 Å². The smallest absolute Gasteiger partial charge is 0.293 e. The van der Waals surface area contributed by atoms with Crippen LogP contribution < -0.4 is 0 Å². The van der Waals surface area contributed by atoms with Crippen molar-refractivity contribution in [2.45, 2.75) is 25.8 Å². The summed E-state index contributed by atoms with van der Waals surface area (Å²) < 4.78 is 23.4. The Bertz CT molecular complexity index is 900. The minimum Gasteiger partial charge on any atom is -0.361 e. The first-order chi connectivity index (χ1) is 12.1. The number of aryl methyl sites for hydroxylation is 1. The van der Waals surface area contributed by atoms with Crippen LogP contribution in [0.25, 0.3) is 11.3 Å². The van der Waals surface area contributed by atoms with Crippen LogP contribution >= 0.6 is 0 Å². The molecule has 0 radical (unpaired) electrons. The third-order valence-corrected chi connectivity index (χ3v) is 4.36. The van der Waals surface area contributed by atoms with Gasteiger partial charge in [0.15, 0.2) is 0 Å². The Morgan fingerprint density at radius 3 is 2.72 bits per heavy atom. The maximum atomic E-state index is 13.0. The van der Waals surface area contributed by atoms with Crippen LogP contribution in [0.5, 0.6) is 0 Å². The van der Waals surface area contributed by atoms with Crippen molar-refractivity contribution in [3.63, 3.8) is 0 Å². The van der Waals surface area contributed by atoms with Crippen molar-refractivity contribution in [2.24, 2.45) is 0 Å². The van der Waals surface area contributed by atoms with Gasteiger partial charge in [0.05, 0.1) is 6.04 Å². The molecule has 0 saturated carbocycles. The van der Waals surface area contributed by atoms with Gasteiger partial charge in [0.2, 0.25) is 5.76 Å². The molecule has 7 heteroatoms. The lowest BCUT2D eigenvalue weighted by molar-refractivity contribution is 0.0688. The molecular formula is C18H16FN3O3. The molecular weight excluding hydrogens is 325 g/mol. The van der Waals surface area contributed by atoms with E-state index in [1.54, 1.807) is 23.1 Å². The number of hydrogen-bond acceptors (Lipinski definition) is 5. The molecule has 2 aromatic heterocycles. The molecule has 0 unspecified atom stereocenters. The number of likely N-dealkylation sites (tertiary alicyclic amines) is 1. The SMILES string of the molecule is Cc1cc([C@H]2CCCN2C(=O)c2cc(-c3ccc(F)cc3)no2)no1. The fourth-order valence-electron chi connectivity index (χ4n) is 3.13. The summed E-state index contributed by atoms with van der Waals surface area (Å²) in [4.78, 5) is 14.5. The van der Waals surface area contributed by atoms with E-state index in [4.69, 9.17) is 9.05 Å². The topological polar surface area (TPSA) is 72.4 Å². The number of carbonyl (C=O) groups is 1. The fraction of sp³-hybridized carbons (Fsp3) is 0.278. The maximum absolute atomic E-state index is 13.0. The normalized spacial score (nSPS) is 17.2. The van der Waals surface area contributed by atoms with E-state index in [1.807, 2.05) is 13.0 Å². The molecule has 4 rings (SSSR count). The molecule has 128 valence electrons. The highest BCUT2D eigenvalue weighted by atomic mass is 19.1. The summed E-state index contributed by atoms with van der Waals surface area (Å²) in [6.45, 7) is 2.45. The van der Waals surface area contributed by atoms with Gasteiger partial charge in [-0.2, -0.15) is 0 Å². The van der Waals surface area contributed by atoms with Crippen LogP contribution in [-0.4, -0.2) is 27.7 Å². The van der Waals surface area contributed by atoms with Gasteiger partial charge in [-0.05, 0) is 44.0 Å². The molecule has 3 aromatic rings. The van der Waals surface area contributed by atoms with Gasteiger partial charge in [-0.1, -0.05) is 10.3 Å². The van der Waals surface area contributed by atoms with E-state index >= 15 is 0 Å². The Hall–Kier alpha value is -2.96. The van der Waals surface area contributed by atoms with Gasteiger partial charge in [-0.25, -0.2) is 4.39 Å². The van der Waals surface area contributed by atoms with Gasteiger partial charge in [0.1, 0.15) is 23.0 Å². The zero-order valence-electron chi connectivity index (χ0n) is 13.6. The Morgan fingerprint density at radius 2 is 2.00 bits per heavy atom. The zero-order valence-corrected chi connectivity index (χ0v) is 13.6. The van der Waals surface area contributed by atoms with Crippen LogP contribution in [0.2, 0.25) is 0 Å². The third kappa shape index (κ3) is 2.93. The molecule has 1 fully saturated rings. The van der Waals surface area contributed by atoms with E-state index in [-0.39, 0.29) is 23.5 Å². The number of nitrogens with zero attached hydrogens (tertiary/aromatic N) is 3. The fourth-order valence-corrected chi connectivity index (χ4v) is 3.13. The molecule has 1 aromatic carbocycles. The Kier molecular flexibility index (Phi) is 3.83. The maximum Gasteiger partial charge on any atom is 0.293 e. The average molecular weight is 341 g/mol. The highest BCUT2D eigenvalue weighted by molar-refractivity contribution is 5.92. The summed E-state index contributed by atoms with van der Waals surface area (Å²) in [6, 6.07) is 9.18. The zero-order chi connectivity index (χ0) is 17.4. The van der Waals surface area contributed by atoms with Crippen molar-refractivity contribution >= 4 is 5.91 Å². The molecule has 1 aliphatic rings. The molecule has 1 aliphatic heterocycles. The molecule has 0 spiro atoms. The monoisotopic (exact) mass is 341 g/mol. The lowest BCUT2D eigenvalue weighted by Gasteiger charge is -2.21. The predicted octanol–water partition coefficient (Wildman–Crippen LogP) is 3.75. The van der Waals surface area contributed by atoms with Crippen molar-refractivity contribution in [3.8, 4) is 11.3 Å². The molecule has 3 heterocycles. The molecule has 1 atom stereocenters. The summed E-state index contributed by atoms with van der Waals surface area (Å²) in [5.41, 5.74) is 1.94. The summed E-state index contributed by atoms with van der Waals surface area (Å²) >= 11 is 0. The molecule has 25 heavy (non-hydrogen) atoms. The number of amides is 1. The highest BCUT2D eigenvalue weighted by Crippen LogP contribution is 2.33. The number of benzene rings is 1. The summed E-state index contributed by atoms with van der Waals surface area (Å²) in [5.74, 6) is 0.314. The second-order valence-corrected chi connectivity index (χ2v) is 6.10. The molecule has 6 nitrogen and oxygen atoms in total. The minimum absolute atomic E-state index is 0.121. The standard InChI is InChI=1S/C18H16FN3O3/c1-11-9-15(21-24-11)16-3-2-8-22(16)18(23)17-10-14(20-25-17)12-4-6-13(19)7-5-12/h4-7,9-10,16H,2-3,8H2,1H3/t16-/m1/s1. The number of aromatic nitrogens is 2. The van der Waals surface area contributed by atoms with E-state index in [9.17, 15) is 9.18 Å². The van der Waals surface area contributed by atoms with Gasteiger partial charge in [-0.15, -0.1) is 0 Å². The van der Waals surface area contributed by atoms with Crippen molar-refractivity contribution in [3.05, 3.63) is 59.4 Å². The second kappa shape index (κ2) is 6.16. The second-order valence-electron chi connectivity index (χ2n) is 6.10. The quantitative estimate of drug-likeness (QED) is 0.725. The van der Waals surface area contributed by atoms with Crippen molar-refractivity contribution in [2.75, 3.05) is 6.54 Å². The van der Waals surface area contributed by atoms with Gasteiger partial charge >= 0.3 is 0 Å². The Labute approximate surface area is 143 Å². The van der Waals surface area contributed by atoms with Crippen LogP contribution in [0, 0.1) is 12.7 Å². The van der Waals surface area contributed by atoms with Crippen LogP contribution in [0.4, 0.5) is 4.39 Å². The third-order valence-electron chi connectivity index (χ3n) is 4.36. The van der Waals surface area contributed by atoms with Crippen LogP contribution in [0.15, 0.2) is 45.4 Å². The molecule has 0 N–H and O–H groups in total. The molecule has 0 aliphatic carbocycles. The summed E-state index contributed by atoms with van der Waals surface area (Å²) in [6.07, 6.45) is 1.72. The van der Waals surface area contributed by atoms with Crippen LogP contribution in [-0.2, 0) is 0 Å². The lowest BCUT2D eigenvalue weighted by atomic mass is 10.1. The summed E-state index contributed by atoms with van der Waals surface area (Å²) in [7, 11) is 0. The van der Waals surface area contributed by atoms with Crippen molar-refractivity contribution in [1.82, 2.24) is 15.2 Å². The average Bonchev–Trinajstić information content (AvgIpc) is 3.35. The Balaban J connectivity index is 1.57.